The van der Waals surface area contributed by atoms with Crippen molar-refractivity contribution in [2.24, 2.45) is 5.92 Å². The summed E-state index contributed by atoms with van der Waals surface area (Å²) in [5, 5.41) is 4.60. The molecule has 8 nitrogen and oxygen atoms in total. The van der Waals surface area contributed by atoms with Gasteiger partial charge >= 0.3 is 12.0 Å². The number of hydrogen-bond acceptors (Lipinski definition) is 6. The second-order valence-corrected chi connectivity index (χ2v) is 5.94. The number of ether oxygens (including phenoxy) is 3. The maximum Gasteiger partial charge on any atom is 0.331 e. The van der Waals surface area contributed by atoms with Gasteiger partial charge in [-0.05, 0) is 36.6 Å². The van der Waals surface area contributed by atoms with Gasteiger partial charge < -0.3 is 19.5 Å². The van der Waals surface area contributed by atoms with Gasteiger partial charge in [0.25, 0.3) is 5.91 Å². The molecule has 0 saturated carbocycles. The Bertz CT molecular complexity index is 685. The summed E-state index contributed by atoms with van der Waals surface area (Å²) < 4.78 is 15.4. The Morgan fingerprint density at radius 3 is 2.56 bits per heavy atom. The van der Waals surface area contributed by atoms with Crippen LogP contribution in [0.1, 0.15) is 26.3 Å². The number of methoxy groups -OCH3 is 1. The lowest BCUT2D eigenvalue weighted by molar-refractivity contribution is -0.143. The molecule has 8 heteroatoms. The second-order valence-electron chi connectivity index (χ2n) is 5.94. The lowest BCUT2D eigenvalue weighted by Gasteiger charge is -2.09. The number of nitrogens with one attached hydrogen (secondary N) is 2. The number of amides is 3. The Balaban J connectivity index is 2.49. The van der Waals surface area contributed by atoms with Crippen LogP contribution in [0, 0.1) is 5.92 Å². The molecule has 0 aliphatic rings. The first kappa shape index (κ1) is 22.0. The zero-order valence-corrected chi connectivity index (χ0v) is 16.0. The molecule has 0 radical (unpaired) electrons. The molecule has 0 aliphatic carbocycles. The maximum absolute atomic E-state index is 11.7. The first-order chi connectivity index (χ1) is 12.8. The topological polar surface area (TPSA) is 103 Å². The van der Waals surface area contributed by atoms with E-state index in [-0.39, 0.29) is 5.92 Å². The first-order valence-corrected chi connectivity index (χ1v) is 8.59. The van der Waals surface area contributed by atoms with Crippen LogP contribution in [0.5, 0.6) is 11.5 Å². The Morgan fingerprint density at radius 2 is 1.93 bits per heavy atom. The molecule has 0 fully saturated rings. The van der Waals surface area contributed by atoms with Crippen molar-refractivity contribution in [1.29, 1.82) is 0 Å². The molecule has 2 N–H and O–H groups in total. The highest BCUT2D eigenvalue weighted by Crippen LogP contribution is 2.28. The van der Waals surface area contributed by atoms with Gasteiger partial charge in [-0.3, -0.25) is 10.1 Å². The molecule has 1 aromatic carbocycles. The van der Waals surface area contributed by atoms with Crippen molar-refractivity contribution in [2.45, 2.75) is 20.8 Å². The Hall–Kier alpha value is -3.03. The molecule has 0 aliphatic heterocycles. The van der Waals surface area contributed by atoms with Crippen LogP contribution in [-0.2, 0) is 14.3 Å². The molecule has 1 rings (SSSR count). The van der Waals surface area contributed by atoms with Crippen LogP contribution in [-0.4, -0.2) is 44.8 Å². The maximum atomic E-state index is 11.7. The lowest BCUT2D eigenvalue weighted by Crippen LogP contribution is -2.42. The zero-order chi connectivity index (χ0) is 20.2. The highest BCUT2D eigenvalue weighted by molar-refractivity contribution is 5.96. The summed E-state index contributed by atoms with van der Waals surface area (Å²) in [6.45, 7) is 6.07. The van der Waals surface area contributed by atoms with E-state index in [2.05, 4.69) is 10.6 Å². The molecule has 3 amide bonds. The van der Waals surface area contributed by atoms with Gasteiger partial charge in [0.05, 0.1) is 13.7 Å². The summed E-state index contributed by atoms with van der Waals surface area (Å²) in [6.07, 6.45) is 2.71. The van der Waals surface area contributed by atoms with Crippen LogP contribution in [0.3, 0.4) is 0 Å². The average Bonchev–Trinajstić information content (AvgIpc) is 2.63. The van der Waals surface area contributed by atoms with Crippen LogP contribution in [0.4, 0.5) is 4.79 Å². The minimum Gasteiger partial charge on any atom is -0.493 e. The van der Waals surface area contributed by atoms with Gasteiger partial charge in [-0.1, -0.05) is 19.9 Å². The van der Waals surface area contributed by atoms with Gasteiger partial charge in [0, 0.05) is 12.6 Å². The highest BCUT2D eigenvalue weighted by Gasteiger charge is 2.10. The molecule has 0 aromatic heterocycles. The van der Waals surface area contributed by atoms with Crippen molar-refractivity contribution in [3.05, 3.63) is 29.8 Å². The number of carbonyl (C=O) groups excluding carboxylic acids is 3. The van der Waals surface area contributed by atoms with Crippen LogP contribution in [0.15, 0.2) is 24.3 Å². The van der Waals surface area contributed by atoms with Crippen molar-refractivity contribution >= 4 is 24.0 Å². The molecular formula is C19H26N2O6. The molecule has 0 heterocycles. The van der Waals surface area contributed by atoms with E-state index in [0.717, 1.165) is 0 Å². The zero-order valence-electron chi connectivity index (χ0n) is 16.0. The second kappa shape index (κ2) is 11.6. The lowest BCUT2D eigenvalue weighted by atomic mass is 10.2. The monoisotopic (exact) mass is 378 g/mol. The fraction of sp³-hybridized carbons (Fsp3) is 0.421. The number of imide groups is 1. The van der Waals surface area contributed by atoms with E-state index in [1.54, 1.807) is 25.3 Å². The molecule has 0 spiro atoms. The fourth-order valence-electron chi connectivity index (χ4n) is 1.92. The van der Waals surface area contributed by atoms with Crippen molar-refractivity contribution in [1.82, 2.24) is 10.6 Å². The van der Waals surface area contributed by atoms with E-state index < -0.39 is 24.5 Å². The summed E-state index contributed by atoms with van der Waals surface area (Å²) >= 11 is 0. The van der Waals surface area contributed by atoms with Gasteiger partial charge in [-0.25, -0.2) is 9.59 Å². The van der Waals surface area contributed by atoms with Crippen LogP contribution >= 0.6 is 0 Å². The van der Waals surface area contributed by atoms with Crippen LogP contribution < -0.4 is 20.1 Å². The standard InChI is InChI=1S/C19H26N2O6/c1-5-26-16-10-14(6-8-15(16)25-4)7-9-18(23)27-12-17(22)21-19(24)20-11-13(2)3/h6-10,13H,5,11-12H2,1-4H3,(H2,20,21,22,24)/b9-7+. The normalized spacial score (nSPS) is 10.6. The van der Waals surface area contributed by atoms with Crippen LogP contribution in [0.25, 0.3) is 6.08 Å². The number of esters is 1. The SMILES string of the molecule is CCOc1cc(/C=C/C(=O)OCC(=O)NC(=O)NCC(C)C)ccc1OC. The number of carbonyl (C=O) groups is 3. The molecule has 0 unspecified atom stereocenters. The first-order valence-electron chi connectivity index (χ1n) is 8.59. The van der Waals surface area contributed by atoms with Gasteiger partial charge in [0.15, 0.2) is 18.1 Å². The van der Waals surface area contributed by atoms with E-state index in [9.17, 15) is 14.4 Å². The smallest absolute Gasteiger partial charge is 0.331 e. The van der Waals surface area contributed by atoms with Gasteiger partial charge in [-0.15, -0.1) is 0 Å². The summed E-state index contributed by atoms with van der Waals surface area (Å²) in [5.74, 6) is -0.0103. The third kappa shape index (κ3) is 8.75. The third-order valence-electron chi connectivity index (χ3n) is 3.17. The van der Waals surface area contributed by atoms with E-state index in [4.69, 9.17) is 14.2 Å². The minimum atomic E-state index is -0.707. The largest absolute Gasteiger partial charge is 0.493 e. The Labute approximate surface area is 158 Å². The highest BCUT2D eigenvalue weighted by atomic mass is 16.5. The molecule has 0 bridgehead atoms. The molecular weight excluding hydrogens is 352 g/mol. The molecule has 27 heavy (non-hydrogen) atoms. The predicted octanol–water partition coefficient (Wildman–Crippen LogP) is 2.13. The predicted molar refractivity (Wildman–Crippen MR) is 101 cm³/mol. The van der Waals surface area contributed by atoms with E-state index in [1.807, 2.05) is 20.8 Å². The van der Waals surface area contributed by atoms with Crippen molar-refractivity contribution in [2.75, 3.05) is 26.9 Å². The number of benzene rings is 1. The molecule has 1 aromatic rings. The van der Waals surface area contributed by atoms with E-state index >= 15 is 0 Å². The van der Waals surface area contributed by atoms with E-state index in [0.29, 0.717) is 30.2 Å². The summed E-state index contributed by atoms with van der Waals surface area (Å²) in [6, 6.07) is 4.57. The Morgan fingerprint density at radius 1 is 1.19 bits per heavy atom. The number of hydrogen-bond donors (Lipinski definition) is 2. The molecule has 148 valence electrons. The fourth-order valence-corrected chi connectivity index (χ4v) is 1.92. The summed E-state index contributed by atoms with van der Waals surface area (Å²) in [4.78, 5) is 34.7. The minimum absolute atomic E-state index is 0.259. The van der Waals surface area contributed by atoms with E-state index in [1.165, 1.54) is 12.2 Å². The molecule has 0 atom stereocenters. The van der Waals surface area contributed by atoms with Crippen molar-refractivity contribution in [3.8, 4) is 11.5 Å². The summed E-state index contributed by atoms with van der Waals surface area (Å²) in [5.41, 5.74) is 0.703. The van der Waals surface area contributed by atoms with Crippen molar-refractivity contribution < 1.29 is 28.6 Å². The quantitative estimate of drug-likeness (QED) is 0.504. The third-order valence-corrected chi connectivity index (χ3v) is 3.17. The van der Waals surface area contributed by atoms with Gasteiger partial charge in [0.2, 0.25) is 0 Å². The van der Waals surface area contributed by atoms with Gasteiger partial charge in [0.1, 0.15) is 0 Å². The Kier molecular flexibility index (Phi) is 9.42. The molecule has 0 saturated heterocycles. The van der Waals surface area contributed by atoms with Crippen LogP contribution in [0.2, 0.25) is 0 Å². The van der Waals surface area contributed by atoms with Crippen molar-refractivity contribution in [3.63, 3.8) is 0 Å². The number of rotatable bonds is 9. The summed E-state index contributed by atoms with van der Waals surface area (Å²) in [7, 11) is 1.54. The average molecular weight is 378 g/mol. The number of urea groups is 1. The van der Waals surface area contributed by atoms with Gasteiger partial charge in [-0.2, -0.15) is 0 Å².